The van der Waals surface area contributed by atoms with Crippen LogP contribution in [0.15, 0.2) is 18.2 Å². The van der Waals surface area contributed by atoms with E-state index in [0.717, 1.165) is 38.5 Å². The van der Waals surface area contributed by atoms with Gasteiger partial charge in [0.25, 0.3) is 0 Å². The number of hydrogen-bond donors (Lipinski definition) is 2. The van der Waals surface area contributed by atoms with Crippen molar-refractivity contribution < 1.29 is 19.0 Å². The van der Waals surface area contributed by atoms with Crippen molar-refractivity contribution in [1.29, 1.82) is 0 Å². The van der Waals surface area contributed by atoms with E-state index in [9.17, 15) is 14.3 Å². The van der Waals surface area contributed by atoms with Crippen molar-refractivity contribution in [3.05, 3.63) is 24.0 Å². The third kappa shape index (κ3) is 3.07. The lowest BCUT2D eigenvalue weighted by Gasteiger charge is -2.46. The van der Waals surface area contributed by atoms with E-state index in [1.165, 1.54) is 6.07 Å². The Morgan fingerprint density at radius 3 is 2.58 bits per heavy atom. The minimum atomic E-state index is -0.707. The van der Waals surface area contributed by atoms with Crippen LogP contribution in [-0.4, -0.2) is 40.8 Å². The summed E-state index contributed by atoms with van der Waals surface area (Å²) in [5.41, 5.74) is -0.306. The highest BCUT2D eigenvalue weighted by Crippen LogP contribution is 2.44. The molecule has 3 aliphatic rings. The van der Waals surface area contributed by atoms with Crippen LogP contribution in [0.5, 0.6) is 5.75 Å². The fraction of sp³-hybridized carbons (Fsp3) is 0.611. The van der Waals surface area contributed by atoms with Gasteiger partial charge in [0.05, 0.1) is 19.2 Å². The van der Waals surface area contributed by atoms with E-state index in [4.69, 9.17) is 4.74 Å². The summed E-state index contributed by atoms with van der Waals surface area (Å²) in [5, 5.41) is 12.9. The molecule has 0 bridgehead atoms. The van der Waals surface area contributed by atoms with Gasteiger partial charge in [-0.2, -0.15) is 0 Å². The highest BCUT2D eigenvalue weighted by molar-refractivity contribution is 5.90. The molecule has 1 aromatic rings. The highest BCUT2D eigenvalue weighted by Gasteiger charge is 2.53. The molecule has 4 rings (SSSR count). The second-order valence-electron chi connectivity index (χ2n) is 7.33. The van der Waals surface area contributed by atoms with E-state index in [2.05, 4.69) is 5.32 Å². The number of anilines is 1. The number of urea groups is 1. The molecule has 0 radical (unpaired) electrons. The molecule has 2 saturated carbocycles. The number of carbonyl (C=O) groups excluding carboxylic acids is 1. The van der Waals surface area contributed by atoms with Gasteiger partial charge in [0.1, 0.15) is 5.60 Å². The van der Waals surface area contributed by atoms with Crippen molar-refractivity contribution in [3.8, 4) is 5.75 Å². The number of nitrogens with zero attached hydrogens (tertiary/aromatic N) is 1. The van der Waals surface area contributed by atoms with Gasteiger partial charge in [-0.15, -0.1) is 0 Å². The fourth-order valence-electron chi connectivity index (χ4n) is 3.70. The number of likely N-dealkylation sites (tertiary alicyclic amines) is 1. The second kappa shape index (κ2) is 5.92. The lowest BCUT2D eigenvalue weighted by Crippen LogP contribution is -2.65. The van der Waals surface area contributed by atoms with E-state index in [1.807, 2.05) is 0 Å². The Bertz CT molecular complexity index is 635. The minimum Gasteiger partial charge on any atom is -0.487 e. The van der Waals surface area contributed by atoms with E-state index in [1.54, 1.807) is 17.0 Å². The van der Waals surface area contributed by atoms with E-state index in [-0.39, 0.29) is 17.9 Å². The van der Waals surface area contributed by atoms with Gasteiger partial charge in [-0.05, 0) is 56.6 Å². The molecule has 1 heterocycles. The van der Waals surface area contributed by atoms with Crippen LogP contribution in [0.4, 0.5) is 14.9 Å². The topological polar surface area (TPSA) is 61.8 Å². The van der Waals surface area contributed by atoms with Crippen LogP contribution < -0.4 is 10.1 Å². The van der Waals surface area contributed by atoms with Crippen molar-refractivity contribution in [2.75, 3.05) is 18.4 Å². The molecule has 130 valence electrons. The van der Waals surface area contributed by atoms with Crippen molar-refractivity contribution in [3.63, 3.8) is 0 Å². The van der Waals surface area contributed by atoms with Gasteiger partial charge in [0.15, 0.2) is 11.6 Å². The van der Waals surface area contributed by atoms with Gasteiger partial charge in [0, 0.05) is 11.8 Å². The zero-order valence-electron chi connectivity index (χ0n) is 13.6. The summed E-state index contributed by atoms with van der Waals surface area (Å²) in [6.45, 7) is 0.712. The average molecular weight is 334 g/mol. The van der Waals surface area contributed by atoms with Gasteiger partial charge in [-0.3, -0.25) is 0 Å². The number of β-amino-alcohol motifs (C(OH)–C–C–N with tert-alkyl or cyclic N) is 1. The van der Waals surface area contributed by atoms with Gasteiger partial charge in [-0.1, -0.05) is 0 Å². The summed E-state index contributed by atoms with van der Waals surface area (Å²) >= 11 is 0. The predicted molar refractivity (Wildman–Crippen MR) is 87.5 cm³/mol. The molecule has 0 unspecified atom stereocenters. The van der Waals surface area contributed by atoms with E-state index >= 15 is 0 Å². The third-order valence-corrected chi connectivity index (χ3v) is 5.33. The van der Waals surface area contributed by atoms with Crippen molar-refractivity contribution in [1.82, 2.24) is 4.90 Å². The molecule has 3 fully saturated rings. The van der Waals surface area contributed by atoms with Gasteiger partial charge < -0.3 is 20.1 Å². The third-order valence-electron chi connectivity index (χ3n) is 5.33. The minimum absolute atomic E-state index is 0.0983. The molecular formula is C18H23FN2O3. The van der Waals surface area contributed by atoms with Crippen molar-refractivity contribution >= 4 is 11.7 Å². The van der Waals surface area contributed by atoms with Crippen LogP contribution in [0.2, 0.25) is 0 Å². The summed E-state index contributed by atoms with van der Waals surface area (Å²) in [6.07, 6.45) is 6.38. The molecule has 0 spiro atoms. The molecule has 2 amide bonds. The largest absolute Gasteiger partial charge is 0.487 e. The first-order valence-electron chi connectivity index (χ1n) is 8.78. The summed E-state index contributed by atoms with van der Waals surface area (Å²) in [6, 6.07) is 4.21. The molecule has 24 heavy (non-hydrogen) atoms. The predicted octanol–water partition coefficient (Wildman–Crippen LogP) is 3.14. The molecule has 0 atom stereocenters. The van der Waals surface area contributed by atoms with Crippen LogP contribution in [0.25, 0.3) is 0 Å². The molecular weight excluding hydrogens is 311 g/mol. The zero-order chi connectivity index (χ0) is 16.7. The number of rotatable bonds is 4. The first-order valence-corrected chi connectivity index (χ1v) is 8.78. The number of aliphatic hydroxyl groups is 1. The Hall–Kier alpha value is -1.82. The number of halogens is 1. The van der Waals surface area contributed by atoms with E-state index in [0.29, 0.717) is 24.7 Å². The molecule has 0 aromatic heterocycles. The number of benzene rings is 1. The van der Waals surface area contributed by atoms with Gasteiger partial charge in [-0.25, -0.2) is 9.18 Å². The lowest BCUT2D eigenvalue weighted by molar-refractivity contribution is -0.0897. The summed E-state index contributed by atoms with van der Waals surface area (Å²) < 4.78 is 19.8. The second-order valence-corrected chi connectivity index (χ2v) is 7.33. The number of ether oxygens (including phenoxy) is 1. The summed E-state index contributed by atoms with van der Waals surface area (Å²) in [5.74, 6) is 0.121. The SMILES string of the molecule is O=C(Nc1ccc(OC2CCCC2)c(F)c1)N1CC(O)(C2CC2)C1. The Kier molecular flexibility index (Phi) is 3.87. The number of hydrogen-bond acceptors (Lipinski definition) is 3. The Morgan fingerprint density at radius 1 is 1.25 bits per heavy atom. The fourth-order valence-corrected chi connectivity index (χ4v) is 3.70. The van der Waals surface area contributed by atoms with Gasteiger partial charge in [0.2, 0.25) is 0 Å². The number of carbonyl (C=O) groups is 1. The monoisotopic (exact) mass is 334 g/mol. The maximum Gasteiger partial charge on any atom is 0.322 e. The van der Waals surface area contributed by atoms with Crippen LogP contribution >= 0.6 is 0 Å². The Labute approximate surface area is 140 Å². The quantitative estimate of drug-likeness (QED) is 0.889. The molecule has 5 nitrogen and oxygen atoms in total. The number of amides is 2. The Morgan fingerprint density at radius 2 is 1.96 bits per heavy atom. The molecule has 1 aliphatic heterocycles. The normalized spacial score (nSPS) is 23.0. The van der Waals surface area contributed by atoms with Crippen molar-refractivity contribution in [2.45, 2.75) is 50.2 Å². The average Bonchev–Trinajstić information content (AvgIpc) is 3.25. The summed E-state index contributed by atoms with van der Waals surface area (Å²) in [7, 11) is 0. The van der Waals surface area contributed by atoms with E-state index < -0.39 is 11.4 Å². The molecule has 6 heteroatoms. The first-order chi connectivity index (χ1) is 11.5. The maximum atomic E-state index is 14.2. The first kappa shape index (κ1) is 15.7. The Balaban J connectivity index is 1.33. The lowest BCUT2D eigenvalue weighted by atomic mass is 9.89. The molecule has 2 N–H and O–H groups in total. The zero-order valence-corrected chi connectivity index (χ0v) is 13.6. The van der Waals surface area contributed by atoms with Crippen LogP contribution in [0.3, 0.4) is 0 Å². The molecule has 1 aromatic carbocycles. The molecule has 1 saturated heterocycles. The molecule has 2 aliphatic carbocycles. The van der Waals surface area contributed by atoms with Crippen molar-refractivity contribution in [2.24, 2.45) is 5.92 Å². The van der Waals surface area contributed by atoms with Crippen LogP contribution in [0, 0.1) is 11.7 Å². The maximum absolute atomic E-state index is 14.2. The van der Waals surface area contributed by atoms with Crippen LogP contribution in [-0.2, 0) is 0 Å². The summed E-state index contributed by atoms with van der Waals surface area (Å²) in [4.78, 5) is 13.7. The highest BCUT2D eigenvalue weighted by atomic mass is 19.1. The van der Waals surface area contributed by atoms with Gasteiger partial charge >= 0.3 is 6.03 Å². The van der Waals surface area contributed by atoms with Crippen LogP contribution in [0.1, 0.15) is 38.5 Å². The standard InChI is InChI=1S/C18H23FN2O3/c19-15-9-13(7-8-16(15)24-14-3-1-2-4-14)20-17(22)21-10-18(23,11-21)12-5-6-12/h7-9,12,14,23H,1-6,10-11H2,(H,20,22). The smallest absolute Gasteiger partial charge is 0.322 e. The number of nitrogens with one attached hydrogen (secondary N) is 1.